The van der Waals surface area contributed by atoms with Gasteiger partial charge in [0.15, 0.2) is 28.7 Å². The predicted octanol–water partition coefficient (Wildman–Crippen LogP) is 5.49. The van der Waals surface area contributed by atoms with Crippen LogP contribution in [-0.2, 0) is 53.3 Å². The Morgan fingerprint density at radius 1 is 0.667 bits per heavy atom. The molecule has 2 aromatic heterocycles. The average Bonchev–Trinajstić information content (AvgIpc) is 3.92. The van der Waals surface area contributed by atoms with E-state index < -0.39 is 40.1 Å². The minimum atomic E-state index is -1.94. The second-order valence-electron chi connectivity index (χ2n) is 16.4. The lowest BCUT2D eigenvalue weighted by Gasteiger charge is -2.29. The summed E-state index contributed by atoms with van der Waals surface area (Å²) in [7, 11) is 0. The van der Waals surface area contributed by atoms with Gasteiger partial charge in [-0.05, 0) is 108 Å². The zero-order valence-corrected chi connectivity index (χ0v) is 40.3. The van der Waals surface area contributed by atoms with Crippen molar-refractivity contribution in [1.29, 1.82) is 0 Å². The number of anilines is 2. The summed E-state index contributed by atoms with van der Waals surface area (Å²) in [5.74, 6) is -2.20. The van der Waals surface area contributed by atoms with Gasteiger partial charge >= 0.3 is 11.9 Å². The molecular formula is C50H50F2N12O6S2. The fraction of sp³-hybridized carbons (Fsp3) is 0.220. The van der Waals surface area contributed by atoms with Crippen LogP contribution < -0.4 is 35.2 Å². The SMILES string of the molecule is O=C(O)c1ccc(CN=C2NS(=O)NC2(NCCCN(Cc2ccc(F)cc2)c2ccccn2)OC(=O)c2ccc(CNC3=NS(=O)N=C3NCCCN(Cc3ccc(F)cc3)c3ccccn3)cc2)cc1. The van der Waals surface area contributed by atoms with E-state index >= 15 is 0 Å². The highest BCUT2D eigenvalue weighted by Crippen LogP contribution is 2.20. The van der Waals surface area contributed by atoms with Crippen LogP contribution in [0.5, 0.6) is 0 Å². The van der Waals surface area contributed by atoms with Crippen molar-refractivity contribution in [3.63, 3.8) is 0 Å². The lowest BCUT2D eigenvalue weighted by atomic mass is 10.1. The fourth-order valence-corrected chi connectivity index (χ4v) is 9.12. The van der Waals surface area contributed by atoms with Gasteiger partial charge in [0.25, 0.3) is 17.0 Å². The summed E-state index contributed by atoms with van der Waals surface area (Å²) in [5, 5.41) is 19.0. The fourth-order valence-electron chi connectivity index (χ4n) is 7.56. The molecule has 2 aliphatic rings. The number of halogens is 2. The number of aromatic carboxylic acids is 1. The van der Waals surface area contributed by atoms with E-state index in [0.717, 1.165) is 22.5 Å². The van der Waals surface area contributed by atoms with Crippen LogP contribution in [0.25, 0.3) is 0 Å². The zero-order valence-electron chi connectivity index (χ0n) is 38.6. The lowest BCUT2D eigenvalue weighted by Crippen LogP contribution is -2.61. The molecule has 0 amide bonds. The summed E-state index contributed by atoms with van der Waals surface area (Å²) in [6, 6.07) is 36.5. The molecule has 2 aliphatic heterocycles. The van der Waals surface area contributed by atoms with Gasteiger partial charge in [0.2, 0.25) is 0 Å². The van der Waals surface area contributed by atoms with Crippen molar-refractivity contribution in [3.8, 4) is 0 Å². The molecule has 6 N–H and O–H groups in total. The third kappa shape index (κ3) is 14.0. The van der Waals surface area contributed by atoms with Gasteiger partial charge in [0.05, 0.1) is 17.7 Å². The van der Waals surface area contributed by atoms with E-state index in [1.54, 1.807) is 73.1 Å². The Morgan fingerprint density at radius 2 is 1.19 bits per heavy atom. The number of carbonyl (C=O) groups excluding carboxylic acids is 1. The quantitative estimate of drug-likeness (QED) is 0.0282. The first-order valence-corrected chi connectivity index (χ1v) is 25.0. The Bertz CT molecular complexity index is 2940. The number of rotatable bonds is 22. The molecule has 8 rings (SSSR count). The van der Waals surface area contributed by atoms with Crippen molar-refractivity contribution < 1.29 is 36.6 Å². The molecule has 72 heavy (non-hydrogen) atoms. The Labute approximate surface area is 419 Å². The number of aromatic nitrogens is 2. The van der Waals surface area contributed by atoms with Crippen molar-refractivity contribution in [1.82, 2.24) is 35.4 Å². The number of esters is 1. The Balaban J connectivity index is 0.899. The first-order chi connectivity index (χ1) is 35.0. The monoisotopic (exact) mass is 1020 g/mol. The molecule has 0 bridgehead atoms. The molecule has 0 spiro atoms. The van der Waals surface area contributed by atoms with Crippen molar-refractivity contribution in [3.05, 3.63) is 191 Å². The molecule has 3 unspecified atom stereocenters. The molecular weight excluding hydrogens is 967 g/mol. The molecule has 0 radical (unpaired) electrons. The van der Waals surface area contributed by atoms with Crippen LogP contribution in [0.15, 0.2) is 160 Å². The second-order valence-corrected chi connectivity index (χ2v) is 18.2. The summed E-state index contributed by atoms with van der Waals surface area (Å²) >= 11 is -3.76. The van der Waals surface area contributed by atoms with Crippen LogP contribution in [0.3, 0.4) is 0 Å². The number of ether oxygens (including phenoxy) is 1. The van der Waals surface area contributed by atoms with Crippen molar-refractivity contribution in [2.24, 2.45) is 13.8 Å². The molecule has 4 aromatic carbocycles. The lowest BCUT2D eigenvalue weighted by molar-refractivity contribution is -0.00478. The average molecular weight is 1020 g/mol. The van der Waals surface area contributed by atoms with E-state index in [0.29, 0.717) is 68.6 Å². The van der Waals surface area contributed by atoms with E-state index in [1.165, 1.54) is 36.4 Å². The van der Waals surface area contributed by atoms with Crippen molar-refractivity contribution >= 4 is 63.4 Å². The number of nitrogens with one attached hydrogen (secondary N) is 5. The number of carboxylic acids is 1. The van der Waals surface area contributed by atoms with Crippen molar-refractivity contribution in [2.75, 3.05) is 36.0 Å². The molecule has 1 fully saturated rings. The van der Waals surface area contributed by atoms with Gasteiger partial charge in [-0.25, -0.2) is 36.8 Å². The van der Waals surface area contributed by atoms with Crippen LogP contribution in [0.4, 0.5) is 20.4 Å². The number of hydrogen-bond donors (Lipinski definition) is 6. The smallest absolute Gasteiger partial charge is 0.341 e. The second kappa shape index (κ2) is 24.4. The van der Waals surface area contributed by atoms with Crippen LogP contribution in [0.2, 0.25) is 0 Å². The molecule has 18 nitrogen and oxygen atoms in total. The highest BCUT2D eigenvalue weighted by Gasteiger charge is 2.48. The van der Waals surface area contributed by atoms with Gasteiger partial charge in [-0.1, -0.05) is 60.7 Å². The molecule has 372 valence electrons. The summed E-state index contributed by atoms with van der Waals surface area (Å²) in [6.07, 6.45) is 4.53. The number of carboxylic acid groups (broad SMARTS) is 1. The topological polar surface area (TPSA) is 227 Å². The van der Waals surface area contributed by atoms with Gasteiger partial charge in [-0.15, -0.1) is 8.80 Å². The normalized spacial score (nSPS) is 17.7. The van der Waals surface area contributed by atoms with E-state index in [2.05, 4.69) is 54.1 Å². The largest absolute Gasteiger partial charge is 0.478 e. The molecule has 22 heteroatoms. The molecule has 3 atom stereocenters. The van der Waals surface area contributed by atoms with Gasteiger partial charge in [0, 0.05) is 58.2 Å². The van der Waals surface area contributed by atoms with Crippen LogP contribution >= 0.6 is 0 Å². The predicted molar refractivity (Wildman–Crippen MR) is 272 cm³/mol. The third-order valence-electron chi connectivity index (χ3n) is 11.2. The standard InChI is InChI=1S/C50H50F2N12O6S2/c51-41-21-13-37(14-22-41)33-63(43-7-1-3-25-53-43)29-5-27-55-45-46(60-71(68)59-45)56-31-35-11-19-40(20-12-35)48(67)70-50(49(61-72(69)62-50)57-32-36-9-17-39(18-10-36)47(65)66)58-28-6-30-64(44-8-2-4-26-54-44)34-38-15-23-42(52)24-16-38/h1-4,7-26,58,62H,5-6,27-34H2,(H,55,59)(H,56,60)(H,57,61)(H,65,66). The van der Waals surface area contributed by atoms with Gasteiger partial charge in [-0.2, -0.15) is 4.72 Å². The van der Waals surface area contributed by atoms with Crippen LogP contribution in [0.1, 0.15) is 55.8 Å². The van der Waals surface area contributed by atoms with Crippen LogP contribution in [-0.4, -0.2) is 85.0 Å². The number of nitrogens with zero attached hydrogens (tertiary/aromatic N) is 7. The maximum Gasteiger partial charge on any atom is 0.341 e. The van der Waals surface area contributed by atoms with Crippen molar-refractivity contribution in [2.45, 2.75) is 44.9 Å². The van der Waals surface area contributed by atoms with Gasteiger partial charge < -0.3 is 30.3 Å². The number of carbonyl (C=O) groups is 2. The number of pyridine rings is 2. The highest BCUT2D eigenvalue weighted by atomic mass is 32.2. The molecule has 1 saturated heterocycles. The summed E-state index contributed by atoms with van der Waals surface area (Å²) in [5.41, 5.74) is 3.48. The van der Waals surface area contributed by atoms with E-state index in [9.17, 15) is 31.9 Å². The Morgan fingerprint density at radius 3 is 1.75 bits per heavy atom. The number of benzene rings is 4. The molecule has 6 aromatic rings. The van der Waals surface area contributed by atoms with Crippen LogP contribution in [0, 0.1) is 11.6 Å². The maximum atomic E-state index is 14.0. The molecule has 4 heterocycles. The first-order valence-electron chi connectivity index (χ1n) is 22.8. The third-order valence-corrected chi connectivity index (χ3v) is 12.8. The summed E-state index contributed by atoms with van der Waals surface area (Å²) < 4.78 is 72.9. The Hall–Kier alpha value is -7.79. The highest BCUT2D eigenvalue weighted by molar-refractivity contribution is 7.83. The minimum absolute atomic E-state index is 0.0270. The number of hydrogen-bond acceptors (Lipinski definition) is 13. The van der Waals surface area contributed by atoms with Gasteiger partial charge in [0.1, 0.15) is 23.3 Å². The maximum absolute atomic E-state index is 14.0. The summed E-state index contributed by atoms with van der Waals surface area (Å²) in [4.78, 5) is 43.2. The minimum Gasteiger partial charge on any atom is -0.478 e. The zero-order chi connectivity index (χ0) is 50.3. The number of aliphatic imine (C=N–C) groups is 1. The first kappa shape index (κ1) is 50.6. The van der Waals surface area contributed by atoms with E-state index in [1.807, 2.05) is 41.3 Å². The Kier molecular flexibility index (Phi) is 17.1. The van der Waals surface area contributed by atoms with E-state index in [-0.39, 0.29) is 48.2 Å². The van der Waals surface area contributed by atoms with E-state index in [4.69, 9.17) is 4.74 Å². The molecule has 0 aliphatic carbocycles. The number of amidine groups is 3. The molecule has 0 saturated carbocycles. The van der Waals surface area contributed by atoms with Gasteiger partial charge in [-0.3, -0.25) is 15.0 Å². The summed E-state index contributed by atoms with van der Waals surface area (Å²) in [6.45, 7) is 3.01.